The number of aryl methyl sites for hydroxylation is 1. The highest BCUT2D eigenvalue weighted by atomic mass is 79.9. The molecule has 1 N–H and O–H groups in total. The fourth-order valence-electron chi connectivity index (χ4n) is 1.43. The Balaban J connectivity index is 2.42. The van der Waals surface area contributed by atoms with Crippen LogP contribution >= 0.6 is 26.6 Å². The summed E-state index contributed by atoms with van der Waals surface area (Å²) in [6.07, 6.45) is 4.26. The molecule has 3 nitrogen and oxygen atoms in total. The maximum absolute atomic E-state index is 10.7. The van der Waals surface area contributed by atoms with E-state index in [4.69, 9.17) is 10.7 Å². The van der Waals surface area contributed by atoms with E-state index >= 15 is 0 Å². The summed E-state index contributed by atoms with van der Waals surface area (Å²) in [6.45, 7) is 2.61. The standard InChI is InChI=1S/C12H15BrClNO2S/c1-10-4-2-5-12(13)11(10)6-8-15-7-3-9-18(14,16)17/h2,4-6,8,15H,3,7,9H2,1H3/b8-6-. The maximum Gasteiger partial charge on any atom is 0.232 e. The van der Waals surface area contributed by atoms with E-state index in [0.717, 1.165) is 10.0 Å². The highest BCUT2D eigenvalue weighted by Gasteiger charge is 2.03. The summed E-state index contributed by atoms with van der Waals surface area (Å²) in [5.74, 6) is -0.0105. The van der Waals surface area contributed by atoms with Crippen molar-refractivity contribution in [2.75, 3.05) is 12.3 Å². The quantitative estimate of drug-likeness (QED) is 0.631. The molecule has 18 heavy (non-hydrogen) atoms. The van der Waals surface area contributed by atoms with Gasteiger partial charge in [-0.25, -0.2) is 8.42 Å². The molecule has 1 rings (SSSR count). The summed E-state index contributed by atoms with van der Waals surface area (Å²) in [4.78, 5) is 0. The molecule has 1 aromatic carbocycles. The third kappa shape index (κ3) is 5.89. The first-order chi connectivity index (χ1) is 8.40. The van der Waals surface area contributed by atoms with Crippen molar-refractivity contribution < 1.29 is 8.42 Å². The van der Waals surface area contributed by atoms with Crippen molar-refractivity contribution in [2.45, 2.75) is 13.3 Å². The number of nitrogens with one attached hydrogen (secondary N) is 1. The Morgan fingerprint density at radius 1 is 1.44 bits per heavy atom. The second kappa shape index (κ2) is 7.16. The Morgan fingerprint density at radius 2 is 2.17 bits per heavy atom. The normalized spacial score (nSPS) is 11.9. The van der Waals surface area contributed by atoms with Gasteiger partial charge in [0, 0.05) is 21.7 Å². The molecule has 0 heterocycles. The van der Waals surface area contributed by atoms with Crippen molar-refractivity contribution >= 4 is 41.7 Å². The van der Waals surface area contributed by atoms with E-state index in [-0.39, 0.29) is 5.75 Å². The first kappa shape index (κ1) is 15.5. The molecule has 100 valence electrons. The van der Waals surface area contributed by atoms with E-state index in [1.165, 1.54) is 5.56 Å². The summed E-state index contributed by atoms with van der Waals surface area (Å²) < 4.78 is 22.4. The van der Waals surface area contributed by atoms with Crippen molar-refractivity contribution in [1.29, 1.82) is 0 Å². The monoisotopic (exact) mass is 351 g/mol. The van der Waals surface area contributed by atoms with Crippen molar-refractivity contribution in [3.63, 3.8) is 0 Å². The fourth-order valence-corrected chi connectivity index (χ4v) is 2.84. The summed E-state index contributed by atoms with van der Waals surface area (Å²) in [6, 6.07) is 5.99. The molecule has 0 aromatic heterocycles. The fraction of sp³-hybridized carbons (Fsp3) is 0.333. The molecule has 0 aliphatic rings. The van der Waals surface area contributed by atoms with Crippen LogP contribution in [0.3, 0.4) is 0 Å². The summed E-state index contributed by atoms with van der Waals surface area (Å²) >= 11 is 3.48. The van der Waals surface area contributed by atoms with Crippen LogP contribution in [0.15, 0.2) is 28.9 Å². The van der Waals surface area contributed by atoms with Crippen LogP contribution in [0.5, 0.6) is 0 Å². The Kier molecular flexibility index (Phi) is 6.18. The number of hydrogen-bond donors (Lipinski definition) is 1. The summed E-state index contributed by atoms with van der Waals surface area (Å²) in [5.41, 5.74) is 2.28. The molecule has 6 heteroatoms. The Hall–Kier alpha value is -0.520. The first-order valence-corrected chi connectivity index (χ1v) is 8.74. The van der Waals surface area contributed by atoms with Gasteiger partial charge in [-0.05, 0) is 42.8 Å². The highest BCUT2D eigenvalue weighted by Crippen LogP contribution is 2.21. The Labute approximate surface area is 121 Å². The second-order valence-corrected chi connectivity index (χ2v) is 7.61. The molecule has 0 unspecified atom stereocenters. The minimum Gasteiger partial charge on any atom is -0.391 e. The molecule has 0 amide bonds. The minimum absolute atomic E-state index is 0.0105. The van der Waals surface area contributed by atoms with Crippen LogP contribution in [-0.4, -0.2) is 20.7 Å². The number of halogens is 2. The predicted octanol–water partition coefficient (Wildman–Crippen LogP) is 3.28. The lowest BCUT2D eigenvalue weighted by Gasteiger charge is -2.03. The Bertz CT molecular complexity index is 509. The van der Waals surface area contributed by atoms with Crippen molar-refractivity contribution in [1.82, 2.24) is 5.32 Å². The van der Waals surface area contributed by atoms with Gasteiger partial charge in [-0.1, -0.05) is 28.1 Å². The molecule has 0 saturated carbocycles. The highest BCUT2D eigenvalue weighted by molar-refractivity contribution is 9.10. The van der Waals surface area contributed by atoms with Gasteiger partial charge in [0.15, 0.2) is 0 Å². The van der Waals surface area contributed by atoms with Gasteiger partial charge in [0.2, 0.25) is 9.05 Å². The van der Waals surface area contributed by atoms with Crippen LogP contribution in [0.25, 0.3) is 6.08 Å². The molecule has 0 aliphatic heterocycles. The molecular weight excluding hydrogens is 338 g/mol. The van der Waals surface area contributed by atoms with Gasteiger partial charge < -0.3 is 5.32 Å². The molecule has 0 atom stereocenters. The van der Waals surface area contributed by atoms with Gasteiger partial charge in [0.25, 0.3) is 0 Å². The lowest BCUT2D eigenvalue weighted by Crippen LogP contribution is -2.10. The minimum atomic E-state index is -3.38. The average Bonchev–Trinajstić information content (AvgIpc) is 2.25. The van der Waals surface area contributed by atoms with Crippen LogP contribution in [-0.2, 0) is 9.05 Å². The molecule has 0 spiro atoms. The van der Waals surface area contributed by atoms with Crippen LogP contribution in [0.1, 0.15) is 17.5 Å². The number of hydrogen-bond acceptors (Lipinski definition) is 3. The van der Waals surface area contributed by atoms with Crippen LogP contribution in [0.2, 0.25) is 0 Å². The molecule has 0 aliphatic carbocycles. The van der Waals surface area contributed by atoms with Gasteiger partial charge in [0.1, 0.15) is 0 Å². The van der Waals surface area contributed by atoms with Crippen molar-refractivity contribution in [2.24, 2.45) is 0 Å². The van der Waals surface area contributed by atoms with Gasteiger partial charge in [0.05, 0.1) is 5.75 Å². The van der Waals surface area contributed by atoms with Gasteiger partial charge in [-0.2, -0.15) is 0 Å². The molecular formula is C12H15BrClNO2S. The molecule has 0 bridgehead atoms. The third-order valence-corrected chi connectivity index (χ3v) is 4.28. The van der Waals surface area contributed by atoms with E-state index < -0.39 is 9.05 Å². The predicted molar refractivity (Wildman–Crippen MR) is 80.2 cm³/mol. The zero-order valence-corrected chi connectivity index (χ0v) is 13.1. The van der Waals surface area contributed by atoms with E-state index in [9.17, 15) is 8.42 Å². The summed E-state index contributed by atoms with van der Waals surface area (Å²) in [7, 11) is 1.73. The first-order valence-electron chi connectivity index (χ1n) is 5.47. The van der Waals surface area contributed by atoms with Crippen LogP contribution < -0.4 is 5.32 Å². The zero-order valence-electron chi connectivity index (χ0n) is 9.99. The number of benzene rings is 1. The van der Waals surface area contributed by atoms with E-state index in [2.05, 4.69) is 21.2 Å². The molecule has 1 aromatic rings. The molecule has 0 saturated heterocycles. The smallest absolute Gasteiger partial charge is 0.232 e. The van der Waals surface area contributed by atoms with Crippen molar-refractivity contribution in [3.05, 3.63) is 40.0 Å². The van der Waals surface area contributed by atoms with Gasteiger partial charge in [-0.3, -0.25) is 0 Å². The third-order valence-electron chi connectivity index (χ3n) is 2.35. The largest absolute Gasteiger partial charge is 0.391 e. The van der Waals surface area contributed by atoms with Crippen molar-refractivity contribution in [3.8, 4) is 0 Å². The zero-order chi connectivity index (χ0) is 13.6. The average molecular weight is 353 g/mol. The topological polar surface area (TPSA) is 46.2 Å². The molecule has 0 fully saturated rings. The maximum atomic E-state index is 10.7. The lowest BCUT2D eigenvalue weighted by molar-refractivity contribution is 0.606. The van der Waals surface area contributed by atoms with Crippen LogP contribution in [0, 0.1) is 6.92 Å². The SMILES string of the molecule is Cc1cccc(Br)c1/C=C\NCCCS(=O)(=O)Cl. The number of rotatable bonds is 6. The van der Waals surface area contributed by atoms with E-state index in [1.807, 2.05) is 37.4 Å². The lowest BCUT2D eigenvalue weighted by atomic mass is 10.1. The van der Waals surface area contributed by atoms with Crippen LogP contribution in [0.4, 0.5) is 0 Å². The van der Waals surface area contributed by atoms with Gasteiger partial charge >= 0.3 is 0 Å². The van der Waals surface area contributed by atoms with E-state index in [1.54, 1.807) is 0 Å². The Morgan fingerprint density at radius 3 is 2.78 bits per heavy atom. The summed E-state index contributed by atoms with van der Waals surface area (Å²) in [5, 5.41) is 3.04. The van der Waals surface area contributed by atoms with E-state index in [0.29, 0.717) is 13.0 Å². The molecule has 0 radical (unpaired) electrons. The van der Waals surface area contributed by atoms with Gasteiger partial charge in [-0.15, -0.1) is 0 Å². The second-order valence-electron chi connectivity index (χ2n) is 3.85.